The summed E-state index contributed by atoms with van der Waals surface area (Å²) in [5.41, 5.74) is 0.853. The van der Waals surface area contributed by atoms with Crippen molar-refractivity contribution in [2.45, 2.75) is 13.5 Å². The van der Waals surface area contributed by atoms with Crippen molar-refractivity contribution in [3.63, 3.8) is 0 Å². The molecule has 6 heteroatoms. The van der Waals surface area contributed by atoms with E-state index in [4.69, 9.17) is 21.1 Å². The number of carbonyl (C=O) groups excluding carboxylic acids is 1. The molecule has 1 rings (SSSR count). The topological polar surface area (TPSA) is 47.6 Å². The van der Waals surface area contributed by atoms with Gasteiger partial charge in [-0.25, -0.2) is 0 Å². The van der Waals surface area contributed by atoms with Crippen LogP contribution in [0.15, 0.2) is 12.1 Å². The smallest absolute Gasteiger partial charge is 0.225 e. The molecule has 0 spiro atoms. The molecule has 0 aliphatic carbocycles. The van der Waals surface area contributed by atoms with Crippen LogP contribution in [-0.2, 0) is 16.1 Å². The molecule has 1 aromatic carbocycles. The van der Waals surface area contributed by atoms with Gasteiger partial charge in [-0.05, 0) is 34.7 Å². The number of halogens is 2. The highest BCUT2D eigenvalue weighted by Crippen LogP contribution is 2.28. The third kappa shape index (κ3) is 4.81. The minimum Gasteiger partial charge on any atom is -0.496 e. The summed E-state index contributed by atoms with van der Waals surface area (Å²) in [4.78, 5) is 11.8. The van der Waals surface area contributed by atoms with Gasteiger partial charge in [0.05, 0.1) is 24.7 Å². The minimum absolute atomic E-state index is 0.0569. The second kappa shape index (κ2) is 7.91. The first-order chi connectivity index (χ1) is 8.99. The zero-order valence-electron chi connectivity index (χ0n) is 11.1. The van der Waals surface area contributed by atoms with Crippen LogP contribution in [0.4, 0.5) is 0 Å². The second-order valence-corrected chi connectivity index (χ2v) is 5.72. The Balaban J connectivity index is 2.72. The van der Waals surface area contributed by atoms with Crippen LogP contribution in [0.25, 0.3) is 0 Å². The second-order valence-electron chi connectivity index (χ2n) is 4.15. The van der Waals surface area contributed by atoms with E-state index in [9.17, 15) is 4.79 Å². The Morgan fingerprint density at radius 2 is 2.16 bits per heavy atom. The Labute approximate surface area is 131 Å². The van der Waals surface area contributed by atoms with Crippen LogP contribution in [0.1, 0.15) is 12.5 Å². The number of nitrogens with one attached hydrogen (secondary N) is 1. The normalized spacial score (nSPS) is 12.1. The number of methoxy groups -OCH3 is 2. The minimum atomic E-state index is -0.185. The first-order valence-corrected chi connectivity index (χ1v) is 7.23. The standard InChI is InChI=1S/C13H17ClINO3/c1-8(7-18-2)13(17)16-6-9-4-10(14)11(15)5-12(9)19-3/h4-5,8H,6-7H2,1-3H3,(H,16,17)/t8-/m0/s1. The fourth-order valence-corrected chi connectivity index (χ4v) is 2.21. The van der Waals surface area contributed by atoms with E-state index in [0.29, 0.717) is 23.9 Å². The third-order valence-electron chi connectivity index (χ3n) is 2.64. The Hall–Kier alpha value is -0.530. The van der Waals surface area contributed by atoms with Gasteiger partial charge in [0.15, 0.2) is 0 Å². The van der Waals surface area contributed by atoms with Crippen molar-refractivity contribution in [3.05, 3.63) is 26.3 Å². The molecule has 106 valence electrons. The molecule has 1 N–H and O–H groups in total. The molecule has 1 aromatic rings. The van der Waals surface area contributed by atoms with Gasteiger partial charge >= 0.3 is 0 Å². The largest absolute Gasteiger partial charge is 0.496 e. The highest BCUT2D eigenvalue weighted by Gasteiger charge is 2.14. The first-order valence-electron chi connectivity index (χ1n) is 5.78. The van der Waals surface area contributed by atoms with Gasteiger partial charge in [0.2, 0.25) is 5.91 Å². The molecular formula is C13H17ClINO3. The highest BCUT2D eigenvalue weighted by atomic mass is 127. The van der Waals surface area contributed by atoms with Gasteiger partial charge in [-0.1, -0.05) is 18.5 Å². The van der Waals surface area contributed by atoms with Crippen LogP contribution < -0.4 is 10.1 Å². The average Bonchev–Trinajstić information content (AvgIpc) is 2.39. The predicted molar refractivity (Wildman–Crippen MR) is 83.6 cm³/mol. The van der Waals surface area contributed by atoms with Crippen molar-refractivity contribution in [1.82, 2.24) is 5.32 Å². The Morgan fingerprint density at radius 1 is 1.47 bits per heavy atom. The monoisotopic (exact) mass is 397 g/mol. The Morgan fingerprint density at radius 3 is 2.74 bits per heavy atom. The van der Waals surface area contributed by atoms with Gasteiger partial charge in [0.1, 0.15) is 5.75 Å². The van der Waals surface area contributed by atoms with E-state index in [-0.39, 0.29) is 11.8 Å². The first kappa shape index (κ1) is 16.5. The molecule has 0 unspecified atom stereocenters. The number of carbonyl (C=O) groups is 1. The molecular weight excluding hydrogens is 381 g/mol. The van der Waals surface area contributed by atoms with Gasteiger partial charge in [0, 0.05) is 22.8 Å². The van der Waals surface area contributed by atoms with E-state index < -0.39 is 0 Å². The van der Waals surface area contributed by atoms with Crippen LogP contribution in [0.2, 0.25) is 5.02 Å². The highest BCUT2D eigenvalue weighted by molar-refractivity contribution is 14.1. The summed E-state index contributed by atoms with van der Waals surface area (Å²) in [5, 5.41) is 3.49. The summed E-state index contributed by atoms with van der Waals surface area (Å²) in [6.45, 7) is 2.60. The molecule has 19 heavy (non-hydrogen) atoms. The molecule has 0 bridgehead atoms. The van der Waals surface area contributed by atoms with Crippen LogP contribution in [-0.4, -0.2) is 26.7 Å². The summed E-state index contributed by atoms with van der Waals surface area (Å²) in [5.74, 6) is 0.474. The van der Waals surface area contributed by atoms with Crippen molar-refractivity contribution in [2.75, 3.05) is 20.8 Å². The van der Waals surface area contributed by atoms with E-state index >= 15 is 0 Å². The quantitative estimate of drug-likeness (QED) is 0.751. The maximum absolute atomic E-state index is 11.8. The maximum Gasteiger partial charge on any atom is 0.225 e. The van der Waals surface area contributed by atoms with Gasteiger partial charge in [-0.15, -0.1) is 0 Å². The molecule has 1 atom stereocenters. The maximum atomic E-state index is 11.8. The predicted octanol–water partition coefficient (Wildman–Crippen LogP) is 2.85. The Bertz CT molecular complexity index is 454. The molecule has 4 nitrogen and oxygen atoms in total. The van der Waals surface area contributed by atoms with Crippen molar-refractivity contribution in [3.8, 4) is 5.75 Å². The van der Waals surface area contributed by atoms with Gasteiger partial charge < -0.3 is 14.8 Å². The fraction of sp³-hybridized carbons (Fsp3) is 0.462. The molecule has 0 saturated heterocycles. The number of hydrogen-bond acceptors (Lipinski definition) is 3. The summed E-state index contributed by atoms with van der Waals surface area (Å²) in [7, 11) is 3.17. The number of hydrogen-bond donors (Lipinski definition) is 1. The molecule has 0 radical (unpaired) electrons. The lowest BCUT2D eigenvalue weighted by atomic mass is 10.1. The number of rotatable bonds is 6. The summed E-state index contributed by atoms with van der Waals surface area (Å²) < 4.78 is 11.1. The van der Waals surface area contributed by atoms with Crippen LogP contribution in [0.5, 0.6) is 5.75 Å². The van der Waals surface area contributed by atoms with Crippen molar-refractivity contribution in [2.24, 2.45) is 5.92 Å². The SMILES string of the molecule is COC[C@H](C)C(=O)NCc1cc(Cl)c(I)cc1OC. The third-order valence-corrected chi connectivity index (χ3v) is 4.16. The molecule has 0 heterocycles. The van der Waals surface area contributed by atoms with Crippen LogP contribution >= 0.6 is 34.2 Å². The lowest BCUT2D eigenvalue weighted by Crippen LogP contribution is -2.31. The number of benzene rings is 1. The summed E-state index contributed by atoms with van der Waals surface area (Å²) in [6, 6.07) is 3.66. The molecule has 1 amide bonds. The summed E-state index contributed by atoms with van der Waals surface area (Å²) in [6.07, 6.45) is 0. The summed E-state index contributed by atoms with van der Waals surface area (Å²) >= 11 is 8.21. The zero-order valence-corrected chi connectivity index (χ0v) is 14.0. The molecule has 0 aromatic heterocycles. The van der Waals surface area contributed by atoms with E-state index in [1.807, 2.05) is 19.1 Å². The van der Waals surface area contributed by atoms with E-state index in [0.717, 1.165) is 9.13 Å². The van der Waals surface area contributed by atoms with Gasteiger partial charge in [-0.3, -0.25) is 4.79 Å². The molecule has 0 aliphatic heterocycles. The number of ether oxygens (including phenoxy) is 2. The van der Waals surface area contributed by atoms with Crippen molar-refractivity contribution >= 4 is 40.1 Å². The number of amides is 1. The van der Waals surface area contributed by atoms with E-state index in [2.05, 4.69) is 27.9 Å². The van der Waals surface area contributed by atoms with E-state index in [1.165, 1.54) is 0 Å². The zero-order chi connectivity index (χ0) is 14.4. The van der Waals surface area contributed by atoms with Gasteiger partial charge in [-0.2, -0.15) is 0 Å². The van der Waals surface area contributed by atoms with Crippen LogP contribution in [0.3, 0.4) is 0 Å². The molecule has 0 saturated carbocycles. The van der Waals surface area contributed by atoms with Crippen LogP contribution in [0, 0.1) is 9.49 Å². The van der Waals surface area contributed by atoms with Crippen molar-refractivity contribution in [1.29, 1.82) is 0 Å². The lowest BCUT2D eigenvalue weighted by Gasteiger charge is -2.14. The lowest BCUT2D eigenvalue weighted by molar-refractivity contribution is -0.126. The van der Waals surface area contributed by atoms with E-state index in [1.54, 1.807) is 14.2 Å². The fourth-order valence-electron chi connectivity index (χ4n) is 1.58. The molecule has 0 fully saturated rings. The van der Waals surface area contributed by atoms with Gasteiger partial charge in [0.25, 0.3) is 0 Å². The van der Waals surface area contributed by atoms with Crippen molar-refractivity contribution < 1.29 is 14.3 Å². The molecule has 0 aliphatic rings. The average molecular weight is 398 g/mol. The Kier molecular flexibility index (Phi) is 6.88.